The van der Waals surface area contributed by atoms with Gasteiger partial charge in [-0.2, -0.15) is 0 Å². The van der Waals surface area contributed by atoms with Crippen LogP contribution in [0.25, 0.3) is 22.2 Å². The highest BCUT2D eigenvalue weighted by Gasteiger charge is 2.28. The van der Waals surface area contributed by atoms with Gasteiger partial charge >= 0.3 is 5.97 Å². The first-order valence-corrected chi connectivity index (χ1v) is 10.5. The van der Waals surface area contributed by atoms with E-state index in [1.54, 1.807) is 0 Å². The lowest BCUT2D eigenvalue weighted by Crippen LogP contribution is -2.20. The molecule has 3 N–H and O–H groups in total. The molecule has 0 amide bonds. The number of hydrogen-bond acceptors (Lipinski definition) is 4. The minimum absolute atomic E-state index is 0.406. The third-order valence-corrected chi connectivity index (χ3v) is 6.59. The van der Waals surface area contributed by atoms with Gasteiger partial charge in [0.2, 0.25) is 0 Å². The highest BCUT2D eigenvalue weighted by Crippen LogP contribution is 2.41. The van der Waals surface area contributed by atoms with Crippen molar-refractivity contribution < 1.29 is 15.0 Å². The number of H-pyrrole nitrogens is 1. The first-order chi connectivity index (χ1) is 14.5. The van der Waals surface area contributed by atoms with Crippen LogP contribution in [-0.4, -0.2) is 43.7 Å². The van der Waals surface area contributed by atoms with E-state index in [0.717, 1.165) is 54.6 Å². The third kappa shape index (κ3) is 2.84. The van der Waals surface area contributed by atoms with Crippen molar-refractivity contribution in [1.29, 1.82) is 0 Å². The molecule has 0 spiro atoms. The molecular weight excluding hydrogens is 382 g/mol. The Balaban J connectivity index is 1.70. The van der Waals surface area contributed by atoms with Gasteiger partial charge < -0.3 is 19.8 Å². The molecule has 0 unspecified atom stereocenters. The average molecular weight is 407 g/mol. The molecular formula is C23H25N3O4. The maximum atomic E-state index is 12.5. The van der Waals surface area contributed by atoms with Crippen LogP contribution >= 0.6 is 0 Å². The number of nitrogens with zero attached hydrogens (tertiary/aromatic N) is 2. The number of aromatic amines is 1. The van der Waals surface area contributed by atoms with Crippen LogP contribution in [0.4, 0.5) is 0 Å². The molecule has 5 rings (SSSR count). The molecule has 30 heavy (non-hydrogen) atoms. The van der Waals surface area contributed by atoms with Crippen molar-refractivity contribution in [2.75, 3.05) is 13.1 Å². The number of carboxylic acids is 1. The van der Waals surface area contributed by atoms with Crippen LogP contribution in [0.5, 0.6) is 5.75 Å². The number of pyridine rings is 1. The van der Waals surface area contributed by atoms with E-state index in [1.807, 2.05) is 7.05 Å². The number of carbonyl (C=O) groups is 1. The zero-order valence-electron chi connectivity index (χ0n) is 17.0. The molecule has 1 saturated heterocycles. The van der Waals surface area contributed by atoms with Gasteiger partial charge in [-0.25, -0.2) is 4.79 Å². The maximum Gasteiger partial charge on any atom is 0.345 e. The van der Waals surface area contributed by atoms with Gasteiger partial charge in [-0.15, -0.1) is 0 Å². The van der Waals surface area contributed by atoms with Crippen LogP contribution < -0.4 is 5.56 Å². The minimum atomic E-state index is -1.41. The lowest BCUT2D eigenvalue weighted by atomic mass is 9.99. The Hall–Kier alpha value is -3.06. The molecule has 3 aromatic rings. The highest BCUT2D eigenvalue weighted by atomic mass is 16.4. The summed E-state index contributed by atoms with van der Waals surface area (Å²) in [4.78, 5) is 29.2. The Labute approximate surface area is 173 Å². The quantitative estimate of drug-likeness (QED) is 0.620. The minimum Gasteiger partial charge on any atom is -0.506 e. The molecule has 1 aliphatic heterocycles. The summed E-state index contributed by atoms with van der Waals surface area (Å²) >= 11 is 0. The second kappa shape index (κ2) is 7.02. The van der Waals surface area contributed by atoms with E-state index in [1.165, 1.54) is 18.4 Å². The summed E-state index contributed by atoms with van der Waals surface area (Å²) in [5.41, 5.74) is 4.06. The molecule has 156 valence electrons. The van der Waals surface area contributed by atoms with Crippen molar-refractivity contribution in [3.05, 3.63) is 50.9 Å². The van der Waals surface area contributed by atoms with E-state index < -0.39 is 22.8 Å². The normalized spacial score (nSPS) is 16.4. The first-order valence-electron chi connectivity index (χ1n) is 10.5. The van der Waals surface area contributed by atoms with Gasteiger partial charge in [-0.3, -0.25) is 9.69 Å². The number of aromatic nitrogens is 2. The van der Waals surface area contributed by atoms with E-state index in [9.17, 15) is 19.8 Å². The summed E-state index contributed by atoms with van der Waals surface area (Å²) in [5.74, 6) is -1.82. The van der Waals surface area contributed by atoms with Gasteiger partial charge in [-0.05, 0) is 56.8 Å². The van der Waals surface area contributed by atoms with Crippen molar-refractivity contribution >= 4 is 16.9 Å². The third-order valence-electron chi connectivity index (χ3n) is 6.59. The number of aryl methyl sites for hydroxylation is 1. The number of nitrogens with one attached hydrogen (secondary N) is 1. The summed E-state index contributed by atoms with van der Waals surface area (Å²) in [6, 6.07) is 6.44. The van der Waals surface area contributed by atoms with E-state index in [0.29, 0.717) is 17.7 Å². The number of benzene rings is 1. The lowest BCUT2D eigenvalue weighted by molar-refractivity contribution is 0.0691. The van der Waals surface area contributed by atoms with Gasteiger partial charge in [0.15, 0.2) is 5.56 Å². The van der Waals surface area contributed by atoms with E-state index >= 15 is 0 Å². The largest absolute Gasteiger partial charge is 0.506 e. The Morgan fingerprint density at radius 1 is 1.17 bits per heavy atom. The summed E-state index contributed by atoms with van der Waals surface area (Å²) < 4.78 is 2.17. The zero-order valence-corrected chi connectivity index (χ0v) is 17.0. The molecule has 0 atom stereocenters. The standard InChI is InChI=1S/C23H25N3O4/c1-25-16-6-4-5-15-20(24-22(28)19(21(15)27)23(29)30)18(16)14-8-7-13(11-17(14)25)12-26-9-2-3-10-26/h7-8,11H,2-6,9-10,12H2,1H3,(H,29,30)(H2,24,27,28). The van der Waals surface area contributed by atoms with Crippen molar-refractivity contribution in [2.45, 2.75) is 38.6 Å². The van der Waals surface area contributed by atoms with Crippen LogP contribution in [0.15, 0.2) is 23.0 Å². The fraction of sp³-hybridized carbons (Fsp3) is 0.391. The highest BCUT2D eigenvalue weighted by molar-refractivity contribution is 6.00. The second-order valence-electron chi connectivity index (χ2n) is 8.41. The van der Waals surface area contributed by atoms with E-state index in [-0.39, 0.29) is 0 Å². The van der Waals surface area contributed by atoms with Crippen LogP contribution in [0.1, 0.15) is 46.4 Å². The Bertz CT molecular complexity index is 1230. The number of hydrogen-bond donors (Lipinski definition) is 3. The molecule has 0 bridgehead atoms. The molecule has 3 heterocycles. The van der Waals surface area contributed by atoms with Crippen molar-refractivity contribution in [1.82, 2.24) is 14.5 Å². The molecule has 1 aromatic carbocycles. The van der Waals surface area contributed by atoms with Crippen LogP contribution in [0.2, 0.25) is 0 Å². The number of carboxylic acid groups (broad SMARTS) is 1. The van der Waals surface area contributed by atoms with Gasteiger partial charge in [0, 0.05) is 41.3 Å². The van der Waals surface area contributed by atoms with Gasteiger partial charge in [-0.1, -0.05) is 12.1 Å². The summed E-state index contributed by atoms with van der Waals surface area (Å²) in [5, 5.41) is 21.0. The maximum absolute atomic E-state index is 12.5. The zero-order chi connectivity index (χ0) is 21.0. The SMILES string of the molecule is Cn1c2c(c3ccc(CN4CCCC4)cc31)-c1[nH]c(=O)c(C(=O)O)c(O)c1CCC2. The number of aromatic carboxylic acids is 1. The Morgan fingerprint density at radius 3 is 2.67 bits per heavy atom. The van der Waals surface area contributed by atoms with Gasteiger partial charge in [0.05, 0.1) is 5.69 Å². The number of rotatable bonds is 3. The molecule has 1 fully saturated rings. The predicted molar refractivity (Wildman–Crippen MR) is 114 cm³/mol. The molecule has 7 heteroatoms. The Morgan fingerprint density at radius 2 is 1.93 bits per heavy atom. The van der Waals surface area contributed by atoms with Gasteiger partial charge in [0.1, 0.15) is 5.75 Å². The molecule has 0 saturated carbocycles. The average Bonchev–Trinajstić information content (AvgIpc) is 3.24. The molecule has 2 aliphatic rings. The summed E-state index contributed by atoms with van der Waals surface area (Å²) in [7, 11) is 2.04. The molecule has 7 nitrogen and oxygen atoms in total. The van der Waals surface area contributed by atoms with Crippen LogP contribution in [0, 0.1) is 0 Å². The fourth-order valence-electron chi connectivity index (χ4n) is 5.12. The number of likely N-dealkylation sites (tertiary alicyclic amines) is 1. The van der Waals surface area contributed by atoms with E-state index in [2.05, 4.69) is 32.7 Å². The first kappa shape index (κ1) is 18.9. The smallest absolute Gasteiger partial charge is 0.345 e. The molecule has 0 radical (unpaired) electrons. The predicted octanol–water partition coefficient (Wildman–Crippen LogP) is 3.02. The van der Waals surface area contributed by atoms with Crippen molar-refractivity contribution in [3.63, 3.8) is 0 Å². The summed E-state index contributed by atoms with van der Waals surface area (Å²) in [6.45, 7) is 3.21. The van der Waals surface area contributed by atoms with Crippen LogP contribution in [-0.2, 0) is 26.4 Å². The topological polar surface area (TPSA) is 98.6 Å². The summed E-state index contributed by atoms with van der Waals surface area (Å²) in [6.07, 6.45) is 4.59. The number of fused-ring (bicyclic) bond motifs is 5. The molecule has 2 aromatic heterocycles. The number of aromatic hydroxyl groups is 1. The van der Waals surface area contributed by atoms with Gasteiger partial charge in [0.25, 0.3) is 5.56 Å². The van der Waals surface area contributed by atoms with Crippen molar-refractivity contribution in [2.24, 2.45) is 7.05 Å². The van der Waals surface area contributed by atoms with Crippen molar-refractivity contribution in [3.8, 4) is 17.0 Å². The Kier molecular flexibility index (Phi) is 4.43. The fourth-order valence-corrected chi connectivity index (χ4v) is 5.12. The molecule has 1 aliphatic carbocycles. The monoisotopic (exact) mass is 407 g/mol. The van der Waals surface area contributed by atoms with Crippen LogP contribution in [0.3, 0.4) is 0 Å². The second-order valence-corrected chi connectivity index (χ2v) is 8.41. The van der Waals surface area contributed by atoms with E-state index in [4.69, 9.17) is 0 Å². The lowest BCUT2D eigenvalue weighted by Gasteiger charge is -2.15.